The summed E-state index contributed by atoms with van der Waals surface area (Å²) in [5.74, 6) is 0. The number of benzene rings is 4. The molecule has 0 saturated carbocycles. The molecule has 0 atom stereocenters. The molecule has 0 fully saturated rings. The maximum Gasteiger partial charge on any atom is 0.113 e. The highest BCUT2D eigenvalue weighted by Crippen LogP contribution is 2.36. The minimum absolute atomic E-state index is 1.19. The molecular weight excluding hydrogens is 528 g/mol. The lowest BCUT2D eigenvalue weighted by Gasteiger charge is -2.21. The molecule has 0 nitrogen and oxygen atoms in total. The van der Waals surface area contributed by atoms with Crippen LogP contribution >= 0.6 is 31.9 Å². The SMILES string of the molecule is C[Si]1(C)c2cc(Br)ccc2-c2cc3cc4c(cc3cc21)-c1ccc(Br)cc1[Si]4(C)C. The quantitative estimate of drug-likeness (QED) is 0.237. The summed E-state index contributed by atoms with van der Waals surface area (Å²) in [5.41, 5.74) is 5.80. The molecule has 0 aliphatic carbocycles. The molecule has 30 heavy (non-hydrogen) atoms. The summed E-state index contributed by atoms with van der Waals surface area (Å²) in [6.45, 7) is 9.97. The highest BCUT2D eigenvalue weighted by atomic mass is 79.9. The average molecular weight is 550 g/mol. The largest absolute Gasteiger partial charge is 0.113 e. The summed E-state index contributed by atoms with van der Waals surface area (Å²) in [6, 6.07) is 23.7. The molecule has 0 unspecified atom stereocenters. The molecule has 0 radical (unpaired) electrons. The molecule has 0 amide bonds. The van der Waals surface area contributed by atoms with Crippen LogP contribution < -0.4 is 20.7 Å². The van der Waals surface area contributed by atoms with Gasteiger partial charge in [-0.3, -0.25) is 0 Å². The van der Waals surface area contributed by atoms with Crippen LogP contribution in [0.5, 0.6) is 0 Å². The molecular formula is C26H22Br2Si2. The molecule has 2 aliphatic rings. The first-order valence-corrected chi connectivity index (χ1v) is 18.0. The van der Waals surface area contributed by atoms with E-state index in [2.05, 4.69) is 119 Å². The third-order valence-electron chi connectivity index (χ3n) is 7.35. The Labute approximate surface area is 196 Å². The van der Waals surface area contributed by atoms with E-state index in [4.69, 9.17) is 0 Å². The first kappa shape index (κ1) is 19.2. The van der Waals surface area contributed by atoms with Crippen molar-refractivity contribution in [2.45, 2.75) is 26.2 Å². The van der Waals surface area contributed by atoms with Crippen LogP contribution in [0.4, 0.5) is 0 Å². The van der Waals surface area contributed by atoms with Crippen molar-refractivity contribution >= 4 is 79.5 Å². The fraction of sp³-hybridized carbons (Fsp3) is 0.154. The van der Waals surface area contributed by atoms with E-state index in [9.17, 15) is 0 Å². The molecule has 4 aromatic rings. The molecule has 0 spiro atoms. The molecule has 2 aliphatic heterocycles. The van der Waals surface area contributed by atoms with Crippen LogP contribution in [0.15, 0.2) is 69.6 Å². The minimum atomic E-state index is -1.69. The molecule has 6 rings (SSSR count). The second kappa shape index (κ2) is 6.07. The minimum Gasteiger partial charge on any atom is -0.0616 e. The highest BCUT2D eigenvalue weighted by molar-refractivity contribution is 9.10. The van der Waals surface area contributed by atoms with Crippen LogP contribution in [0.3, 0.4) is 0 Å². The summed E-state index contributed by atoms with van der Waals surface area (Å²) in [4.78, 5) is 0. The predicted octanol–water partition coefficient (Wildman–Crippen LogP) is 5.97. The Bertz CT molecular complexity index is 1310. The van der Waals surface area contributed by atoms with Gasteiger partial charge in [-0.05, 0) is 90.2 Å². The zero-order valence-electron chi connectivity index (χ0n) is 17.5. The molecule has 4 aromatic carbocycles. The van der Waals surface area contributed by atoms with Gasteiger partial charge in [0.1, 0.15) is 16.1 Å². The van der Waals surface area contributed by atoms with Gasteiger partial charge in [-0.2, -0.15) is 0 Å². The Balaban J connectivity index is 1.65. The monoisotopic (exact) mass is 548 g/mol. The van der Waals surface area contributed by atoms with Crippen LogP contribution in [0.2, 0.25) is 26.2 Å². The number of halogens is 2. The van der Waals surface area contributed by atoms with Crippen molar-refractivity contribution in [2.75, 3.05) is 0 Å². The van der Waals surface area contributed by atoms with Gasteiger partial charge in [0.25, 0.3) is 0 Å². The van der Waals surface area contributed by atoms with E-state index in [1.165, 1.54) is 42.0 Å². The van der Waals surface area contributed by atoms with Crippen LogP contribution in [0, 0.1) is 0 Å². The summed E-state index contributed by atoms with van der Waals surface area (Å²) in [5, 5.41) is 9.04. The van der Waals surface area contributed by atoms with Crippen molar-refractivity contribution in [3.63, 3.8) is 0 Å². The zero-order chi connectivity index (χ0) is 21.0. The number of fused-ring (bicyclic) bond motifs is 7. The fourth-order valence-corrected chi connectivity index (χ4v) is 13.0. The Hall–Kier alpha value is -1.47. The van der Waals surface area contributed by atoms with Crippen molar-refractivity contribution in [3.8, 4) is 22.3 Å². The second-order valence-corrected chi connectivity index (χ2v) is 20.3. The molecule has 4 heteroatoms. The van der Waals surface area contributed by atoms with Crippen molar-refractivity contribution in [3.05, 3.63) is 69.6 Å². The zero-order valence-corrected chi connectivity index (χ0v) is 22.7. The topological polar surface area (TPSA) is 0 Å². The number of hydrogen-bond donors (Lipinski definition) is 0. The average Bonchev–Trinajstić information content (AvgIpc) is 3.04. The second-order valence-electron chi connectivity index (χ2n) is 9.77. The lowest BCUT2D eigenvalue weighted by molar-refractivity contribution is 1.67. The van der Waals surface area contributed by atoms with E-state index < -0.39 is 16.1 Å². The normalized spacial score (nSPS) is 16.9. The van der Waals surface area contributed by atoms with Gasteiger partial charge in [0.05, 0.1) is 0 Å². The molecule has 0 bridgehead atoms. The Morgan fingerprint density at radius 1 is 0.467 bits per heavy atom. The van der Waals surface area contributed by atoms with Crippen LogP contribution in [-0.2, 0) is 0 Å². The first-order valence-electron chi connectivity index (χ1n) is 10.4. The van der Waals surface area contributed by atoms with Gasteiger partial charge in [0, 0.05) is 8.95 Å². The Kier molecular flexibility index (Phi) is 3.89. The van der Waals surface area contributed by atoms with E-state index in [1.807, 2.05) is 0 Å². The van der Waals surface area contributed by atoms with Crippen molar-refractivity contribution in [2.24, 2.45) is 0 Å². The van der Waals surface area contributed by atoms with Crippen molar-refractivity contribution in [1.82, 2.24) is 0 Å². The molecule has 148 valence electrons. The predicted molar refractivity (Wildman–Crippen MR) is 144 cm³/mol. The lowest BCUT2D eigenvalue weighted by Crippen LogP contribution is -2.49. The molecule has 2 heterocycles. The van der Waals surface area contributed by atoms with Crippen molar-refractivity contribution in [1.29, 1.82) is 0 Å². The van der Waals surface area contributed by atoms with Gasteiger partial charge >= 0.3 is 0 Å². The fourth-order valence-electron chi connectivity index (χ4n) is 5.66. The lowest BCUT2D eigenvalue weighted by atomic mass is 9.98. The number of rotatable bonds is 0. The van der Waals surface area contributed by atoms with E-state index in [-0.39, 0.29) is 0 Å². The Morgan fingerprint density at radius 2 is 0.833 bits per heavy atom. The van der Waals surface area contributed by atoms with Crippen LogP contribution in [-0.4, -0.2) is 16.1 Å². The van der Waals surface area contributed by atoms with Crippen molar-refractivity contribution < 1.29 is 0 Å². The molecule has 0 N–H and O–H groups in total. The van der Waals surface area contributed by atoms with E-state index in [0.717, 1.165) is 0 Å². The van der Waals surface area contributed by atoms with Gasteiger partial charge in [-0.1, -0.05) is 82.3 Å². The van der Waals surface area contributed by atoms with Gasteiger partial charge in [0.15, 0.2) is 0 Å². The third-order valence-corrected chi connectivity index (χ3v) is 15.4. The number of hydrogen-bond acceptors (Lipinski definition) is 0. The van der Waals surface area contributed by atoms with Gasteiger partial charge in [-0.15, -0.1) is 0 Å². The molecule has 0 saturated heterocycles. The summed E-state index contributed by atoms with van der Waals surface area (Å²) in [7, 11) is -3.38. The smallest absolute Gasteiger partial charge is 0.0616 e. The van der Waals surface area contributed by atoms with E-state index in [0.29, 0.717) is 0 Å². The summed E-state index contributed by atoms with van der Waals surface area (Å²) < 4.78 is 2.38. The summed E-state index contributed by atoms with van der Waals surface area (Å²) >= 11 is 7.40. The third kappa shape index (κ3) is 2.42. The maximum atomic E-state index is 3.70. The first-order chi connectivity index (χ1) is 14.2. The van der Waals surface area contributed by atoms with Crippen LogP contribution in [0.1, 0.15) is 0 Å². The maximum absolute atomic E-state index is 3.70. The molecule has 0 aromatic heterocycles. The van der Waals surface area contributed by atoms with Gasteiger partial charge < -0.3 is 0 Å². The van der Waals surface area contributed by atoms with Crippen LogP contribution in [0.25, 0.3) is 33.0 Å². The Morgan fingerprint density at radius 3 is 1.23 bits per heavy atom. The standard InChI is InChI=1S/C26H22Br2Si2/c1-29(2)23-11-15-10-22-20-8-6-18(28)14-26(20)30(3,4)24(22)12-16(15)9-21(23)19-7-5-17(27)13-25(19)29/h5-14H,1-4H3. The summed E-state index contributed by atoms with van der Waals surface area (Å²) in [6.07, 6.45) is 0. The van der Waals surface area contributed by atoms with E-state index in [1.54, 1.807) is 20.7 Å². The van der Waals surface area contributed by atoms with Gasteiger partial charge in [0.2, 0.25) is 0 Å². The highest BCUT2D eigenvalue weighted by Gasteiger charge is 2.40. The van der Waals surface area contributed by atoms with E-state index >= 15 is 0 Å². The van der Waals surface area contributed by atoms with Gasteiger partial charge in [-0.25, -0.2) is 0 Å².